The van der Waals surface area contributed by atoms with E-state index in [1.807, 2.05) is 66.7 Å². The third-order valence-corrected chi connectivity index (χ3v) is 6.02. The Bertz CT molecular complexity index is 1250. The molecular formula is C27H27NO5S. The molecule has 6 nitrogen and oxygen atoms in total. The van der Waals surface area contributed by atoms with Gasteiger partial charge < -0.3 is 19.3 Å². The first-order chi connectivity index (χ1) is 16.6. The lowest BCUT2D eigenvalue weighted by Crippen LogP contribution is -2.06. The molecule has 4 rings (SSSR count). The number of rotatable bonds is 11. The summed E-state index contributed by atoms with van der Waals surface area (Å²) in [6.45, 7) is 3.18. The maximum Gasteiger partial charge on any atom is 0.307 e. The summed E-state index contributed by atoms with van der Waals surface area (Å²) < 4.78 is 17.8. The average molecular weight is 478 g/mol. The molecule has 0 amide bonds. The number of benzene rings is 3. The van der Waals surface area contributed by atoms with Crippen LogP contribution in [0.15, 0.2) is 77.6 Å². The van der Waals surface area contributed by atoms with E-state index in [0.717, 1.165) is 64.7 Å². The number of aromatic nitrogens is 1. The van der Waals surface area contributed by atoms with Crippen molar-refractivity contribution < 1.29 is 19.3 Å². The number of H-pyrrole nitrogens is 1. The minimum atomic E-state index is -0.285. The van der Waals surface area contributed by atoms with Crippen LogP contribution in [0.5, 0.6) is 28.9 Å². The van der Waals surface area contributed by atoms with E-state index >= 15 is 0 Å². The Balaban J connectivity index is 1.29. The van der Waals surface area contributed by atoms with Crippen molar-refractivity contribution in [1.29, 1.82) is 0 Å². The Kier molecular flexibility index (Phi) is 7.88. The zero-order valence-electron chi connectivity index (χ0n) is 19.0. The molecule has 4 aromatic rings. The molecule has 0 fully saturated rings. The minimum Gasteiger partial charge on any atom is -0.493 e. The zero-order valence-corrected chi connectivity index (χ0v) is 19.8. The molecule has 0 saturated heterocycles. The third-order valence-electron chi connectivity index (χ3n) is 5.10. The fourth-order valence-electron chi connectivity index (χ4n) is 3.48. The number of aromatic hydroxyl groups is 1. The summed E-state index contributed by atoms with van der Waals surface area (Å²) in [7, 11) is 0. The van der Waals surface area contributed by atoms with Crippen molar-refractivity contribution >= 4 is 11.3 Å². The molecule has 176 valence electrons. The van der Waals surface area contributed by atoms with Gasteiger partial charge in [-0.2, -0.15) is 0 Å². The number of para-hydroxylation sites is 1. The van der Waals surface area contributed by atoms with Gasteiger partial charge in [0.05, 0.1) is 18.1 Å². The molecule has 0 bridgehead atoms. The van der Waals surface area contributed by atoms with Gasteiger partial charge in [0.15, 0.2) is 0 Å². The van der Waals surface area contributed by atoms with Gasteiger partial charge in [0.2, 0.25) is 5.88 Å². The fraction of sp³-hybridized carbons (Fsp3) is 0.222. The molecule has 0 aliphatic heterocycles. The van der Waals surface area contributed by atoms with Crippen molar-refractivity contribution in [3.05, 3.63) is 88.0 Å². The molecular weight excluding hydrogens is 450 g/mol. The molecule has 1 heterocycles. The Hall–Kier alpha value is -3.71. The molecule has 34 heavy (non-hydrogen) atoms. The highest BCUT2D eigenvalue weighted by atomic mass is 32.1. The van der Waals surface area contributed by atoms with Gasteiger partial charge in [-0.25, -0.2) is 0 Å². The standard InChI is InChI=1S/C27H27NO5S/c1-2-7-19-10-15-23(33-22-8-4-3-5-9-22)18-24(19)32-17-6-16-31-21-13-11-20(12-14-21)25-26(29)28-27(30)34-25/h3-5,8-15,18,29H,2,6-7,16-17H2,1H3,(H,28,30). The van der Waals surface area contributed by atoms with E-state index in [2.05, 4.69) is 18.0 Å². The molecule has 0 aliphatic carbocycles. The number of thiazole rings is 1. The summed E-state index contributed by atoms with van der Waals surface area (Å²) in [6, 6.07) is 23.0. The second kappa shape index (κ2) is 11.4. The second-order valence-corrected chi connectivity index (χ2v) is 8.68. The molecule has 0 aliphatic rings. The van der Waals surface area contributed by atoms with Gasteiger partial charge in [-0.3, -0.25) is 9.78 Å². The summed E-state index contributed by atoms with van der Waals surface area (Å²) in [5.41, 5.74) is 1.92. The van der Waals surface area contributed by atoms with Crippen molar-refractivity contribution in [1.82, 2.24) is 4.98 Å². The molecule has 0 saturated carbocycles. The normalized spacial score (nSPS) is 10.7. The minimum absolute atomic E-state index is 0.110. The van der Waals surface area contributed by atoms with E-state index in [-0.39, 0.29) is 10.8 Å². The predicted octanol–water partition coefficient (Wildman–Crippen LogP) is 6.40. The van der Waals surface area contributed by atoms with E-state index in [0.29, 0.717) is 18.1 Å². The lowest BCUT2D eigenvalue weighted by Gasteiger charge is -2.14. The maximum absolute atomic E-state index is 11.4. The highest BCUT2D eigenvalue weighted by Gasteiger charge is 2.10. The van der Waals surface area contributed by atoms with E-state index in [1.165, 1.54) is 0 Å². The van der Waals surface area contributed by atoms with Crippen molar-refractivity contribution in [2.24, 2.45) is 0 Å². The molecule has 0 unspecified atom stereocenters. The van der Waals surface area contributed by atoms with E-state index in [4.69, 9.17) is 14.2 Å². The quantitative estimate of drug-likeness (QED) is 0.244. The van der Waals surface area contributed by atoms with Crippen molar-refractivity contribution in [3.8, 4) is 39.3 Å². The number of aromatic amines is 1. The van der Waals surface area contributed by atoms with Crippen LogP contribution in [-0.4, -0.2) is 23.3 Å². The third kappa shape index (κ3) is 6.20. The Morgan fingerprint density at radius 2 is 1.62 bits per heavy atom. The number of nitrogens with one attached hydrogen (secondary N) is 1. The second-order valence-electron chi connectivity index (χ2n) is 7.70. The molecule has 3 aromatic carbocycles. The van der Waals surface area contributed by atoms with Gasteiger partial charge in [-0.1, -0.05) is 48.9 Å². The topological polar surface area (TPSA) is 80.8 Å². The Morgan fingerprint density at radius 3 is 2.32 bits per heavy atom. The molecule has 0 radical (unpaired) electrons. The Labute approximate surface area is 202 Å². The number of ether oxygens (including phenoxy) is 3. The van der Waals surface area contributed by atoms with Gasteiger partial charge in [0, 0.05) is 12.5 Å². The van der Waals surface area contributed by atoms with Crippen molar-refractivity contribution in [2.75, 3.05) is 13.2 Å². The van der Waals surface area contributed by atoms with Gasteiger partial charge in [0.1, 0.15) is 23.0 Å². The van der Waals surface area contributed by atoms with Gasteiger partial charge >= 0.3 is 4.87 Å². The van der Waals surface area contributed by atoms with Crippen LogP contribution in [0.1, 0.15) is 25.3 Å². The van der Waals surface area contributed by atoms with Gasteiger partial charge in [-0.05, 0) is 60.0 Å². The van der Waals surface area contributed by atoms with Crippen LogP contribution in [0.3, 0.4) is 0 Å². The van der Waals surface area contributed by atoms with E-state index < -0.39 is 0 Å². The Morgan fingerprint density at radius 1 is 0.882 bits per heavy atom. The zero-order chi connectivity index (χ0) is 23.8. The van der Waals surface area contributed by atoms with Crippen LogP contribution in [0.4, 0.5) is 0 Å². The number of aryl methyl sites for hydroxylation is 1. The number of hydrogen-bond donors (Lipinski definition) is 2. The fourth-order valence-corrected chi connectivity index (χ4v) is 4.22. The first kappa shape index (κ1) is 23.4. The summed E-state index contributed by atoms with van der Waals surface area (Å²) in [5.74, 6) is 2.98. The van der Waals surface area contributed by atoms with Crippen molar-refractivity contribution in [2.45, 2.75) is 26.2 Å². The first-order valence-electron chi connectivity index (χ1n) is 11.3. The summed E-state index contributed by atoms with van der Waals surface area (Å²) in [6.07, 6.45) is 2.69. The predicted molar refractivity (Wildman–Crippen MR) is 135 cm³/mol. The van der Waals surface area contributed by atoms with Crippen LogP contribution in [-0.2, 0) is 6.42 Å². The maximum atomic E-state index is 11.4. The first-order valence-corrected chi connectivity index (χ1v) is 12.1. The monoisotopic (exact) mass is 477 g/mol. The van der Waals surface area contributed by atoms with Crippen LogP contribution in [0.2, 0.25) is 0 Å². The lowest BCUT2D eigenvalue weighted by atomic mass is 10.1. The lowest BCUT2D eigenvalue weighted by molar-refractivity contribution is 0.245. The van der Waals surface area contributed by atoms with Gasteiger partial charge in [-0.15, -0.1) is 0 Å². The van der Waals surface area contributed by atoms with E-state index in [1.54, 1.807) is 0 Å². The summed E-state index contributed by atoms with van der Waals surface area (Å²) in [4.78, 5) is 14.0. The van der Waals surface area contributed by atoms with Crippen molar-refractivity contribution in [3.63, 3.8) is 0 Å². The smallest absolute Gasteiger partial charge is 0.307 e. The van der Waals surface area contributed by atoms with Crippen LogP contribution in [0, 0.1) is 0 Å². The molecule has 0 spiro atoms. The molecule has 1 aromatic heterocycles. The largest absolute Gasteiger partial charge is 0.493 e. The summed E-state index contributed by atoms with van der Waals surface area (Å²) in [5, 5.41) is 9.79. The van der Waals surface area contributed by atoms with Gasteiger partial charge in [0.25, 0.3) is 0 Å². The number of hydrogen-bond acceptors (Lipinski definition) is 6. The highest BCUT2D eigenvalue weighted by Crippen LogP contribution is 2.31. The average Bonchev–Trinajstić information content (AvgIpc) is 3.19. The summed E-state index contributed by atoms with van der Waals surface area (Å²) >= 11 is 0.974. The SMILES string of the molecule is CCCc1ccc(Oc2ccccc2)cc1OCCCOc1ccc(-c2sc(=O)[nH]c2O)cc1. The molecule has 2 N–H and O–H groups in total. The van der Waals surface area contributed by atoms with E-state index in [9.17, 15) is 9.90 Å². The van der Waals surface area contributed by atoms with Crippen LogP contribution < -0.4 is 19.1 Å². The van der Waals surface area contributed by atoms with Crippen LogP contribution in [0.25, 0.3) is 10.4 Å². The molecule has 7 heteroatoms. The van der Waals surface area contributed by atoms with Crippen LogP contribution >= 0.6 is 11.3 Å². The highest BCUT2D eigenvalue weighted by molar-refractivity contribution is 7.13. The molecule has 0 atom stereocenters.